The summed E-state index contributed by atoms with van der Waals surface area (Å²) < 4.78 is 4.53. The first-order chi connectivity index (χ1) is 6.27. The Balaban J connectivity index is 2.87. The number of carbonyl (C=O) groups excluding carboxylic acids is 1. The second kappa shape index (κ2) is 4.30. The lowest BCUT2D eigenvalue weighted by atomic mass is 10.1. The van der Waals surface area contributed by atoms with Crippen LogP contribution in [0.5, 0.6) is 0 Å². The summed E-state index contributed by atoms with van der Waals surface area (Å²) in [5, 5.41) is 8.47. The second-order valence-electron chi connectivity index (χ2n) is 2.43. The lowest BCUT2D eigenvalue weighted by Gasteiger charge is -1.98. The zero-order valence-corrected chi connectivity index (χ0v) is 7.23. The van der Waals surface area contributed by atoms with Gasteiger partial charge in [0.25, 0.3) is 0 Å². The molecule has 0 aliphatic rings. The zero-order chi connectivity index (χ0) is 9.68. The van der Waals surface area contributed by atoms with Crippen molar-refractivity contribution in [2.24, 2.45) is 0 Å². The molecule has 0 aliphatic carbocycles. The Morgan fingerprint density at radius 2 is 2.00 bits per heavy atom. The van der Waals surface area contributed by atoms with Crippen molar-refractivity contribution in [3.05, 3.63) is 41.7 Å². The molecular weight excluding hydrogens is 168 g/mol. The summed E-state index contributed by atoms with van der Waals surface area (Å²) in [5.41, 5.74) is 1.33. The molecule has 0 heterocycles. The third-order valence-corrected chi connectivity index (χ3v) is 1.60. The predicted octanol–water partition coefficient (Wildman–Crippen LogP) is 2.00. The Bertz CT molecular complexity index is 311. The minimum absolute atomic E-state index is 0.362. The Labute approximate surface area is 76.3 Å². The maximum atomic E-state index is 11.0. The molecule has 1 rings (SSSR count). The Hall–Kier alpha value is -1.77. The molecule has 0 atom stereocenters. The van der Waals surface area contributed by atoms with Crippen LogP contribution < -0.4 is 0 Å². The lowest BCUT2D eigenvalue weighted by Crippen LogP contribution is -2.00. The fraction of sp³-hybridized carbons (Fsp3) is 0.100. The van der Waals surface area contributed by atoms with Gasteiger partial charge >= 0.3 is 5.97 Å². The number of rotatable bonds is 2. The van der Waals surface area contributed by atoms with E-state index in [0.29, 0.717) is 5.56 Å². The van der Waals surface area contributed by atoms with Crippen molar-refractivity contribution in [3.63, 3.8) is 0 Å². The standard InChI is InChI=1S/C10H10O3/c1-13-10(12)9-4-2-8(3-5-9)6-7-11/h2-7,11H,1H3/b7-6+. The highest BCUT2D eigenvalue weighted by Crippen LogP contribution is 2.06. The van der Waals surface area contributed by atoms with Gasteiger partial charge in [0, 0.05) is 0 Å². The summed E-state index contributed by atoms with van der Waals surface area (Å²) in [6, 6.07) is 6.72. The van der Waals surface area contributed by atoms with Crippen LogP contribution in [0, 0.1) is 0 Å². The first-order valence-corrected chi connectivity index (χ1v) is 3.77. The summed E-state index contributed by atoms with van der Waals surface area (Å²) >= 11 is 0. The number of aliphatic hydroxyl groups excluding tert-OH is 1. The van der Waals surface area contributed by atoms with E-state index >= 15 is 0 Å². The molecular formula is C10H10O3. The van der Waals surface area contributed by atoms with E-state index in [2.05, 4.69) is 4.74 Å². The van der Waals surface area contributed by atoms with E-state index in [1.54, 1.807) is 24.3 Å². The van der Waals surface area contributed by atoms with Crippen LogP contribution in [-0.2, 0) is 4.74 Å². The average Bonchev–Trinajstić information content (AvgIpc) is 2.18. The van der Waals surface area contributed by atoms with Crippen LogP contribution in [0.3, 0.4) is 0 Å². The molecule has 0 saturated heterocycles. The number of hydrogen-bond acceptors (Lipinski definition) is 3. The molecule has 0 saturated carbocycles. The van der Waals surface area contributed by atoms with Gasteiger partial charge in [0.05, 0.1) is 18.9 Å². The van der Waals surface area contributed by atoms with Crippen LogP contribution in [0.2, 0.25) is 0 Å². The molecule has 0 aromatic heterocycles. The third kappa shape index (κ3) is 2.33. The Kier molecular flexibility index (Phi) is 3.09. The zero-order valence-electron chi connectivity index (χ0n) is 7.23. The van der Waals surface area contributed by atoms with Crippen LogP contribution in [0.15, 0.2) is 30.5 Å². The highest BCUT2D eigenvalue weighted by molar-refractivity contribution is 5.89. The van der Waals surface area contributed by atoms with E-state index in [1.165, 1.54) is 13.2 Å². The summed E-state index contributed by atoms with van der Waals surface area (Å²) in [5.74, 6) is -0.362. The van der Waals surface area contributed by atoms with Crippen LogP contribution >= 0.6 is 0 Å². The molecule has 0 bridgehead atoms. The van der Waals surface area contributed by atoms with Crippen LogP contribution in [-0.4, -0.2) is 18.2 Å². The first kappa shape index (κ1) is 9.32. The van der Waals surface area contributed by atoms with Crippen molar-refractivity contribution in [3.8, 4) is 0 Å². The van der Waals surface area contributed by atoms with Crippen molar-refractivity contribution in [1.82, 2.24) is 0 Å². The summed E-state index contributed by atoms with van der Waals surface area (Å²) in [4.78, 5) is 11.0. The molecule has 0 spiro atoms. The van der Waals surface area contributed by atoms with Gasteiger partial charge < -0.3 is 9.84 Å². The number of benzene rings is 1. The molecule has 1 aromatic carbocycles. The van der Waals surface area contributed by atoms with Gasteiger partial charge in [-0.15, -0.1) is 0 Å². The molecule has 0 aliphatic heterocycles. The summed E-state index contributed by atoms with van der Waals surface area (Å²) in [6.45, 7) is 0. The van der Waals surface area contributed by atoms with E-state index < -0.39 is 0 Å². The molecule has 68 valence electrons. The maximum Gasteiger partial charge on any atom is 0.337 e. The monoisotopic (exact) mass is 178 g/mol. The fourth-order valence-electron chi connectivity index (χ4n) is 0.934. The van der Waals surface area contributed by atoms with Crippen molar-refractivity contribution in [1.29, 1.82) is 0 Å². The van der Waals surface area contributed by atoms with E-state index in [0.717, 1.165) is 11.8 Å². The molecule has 3 heteroatoms. The summed E-state index contributed by atoms with van der Waals surface area (Å²) in [7, 11) is 1.34. The van der Waals surface area contributed by atoms with Gasteiger partial charge in [-0.3, -0.25) is 0 Å². The minimum Gasteiger partial charge on any atom is -0.516 e. The molecule has 0 fully saturated rings. The highest BCUT2D eigenvalue weighted by Gasteiger charge is 2.02. The predicted molar refractivity (Wildman–Crippen MR) is 49.4 cm³/mol. The average molecular weight is 178 g/mol. The van der Waals surface area contributed by atoms with Crippen molar-refractivity contribution < 1.29 is 14.6 Å². The van der Waals surface area contributed by atoms with Gasteiger partial charge in [0.1, 0.15) is 0 Å². The first-order valence-electron chi connectivity index (χ1n) is 3.77. The van der Waals surface area contributed by atoms with Crippen LogP contribution in [0.25, 0.3) is 6.08 Å². The number of carbonyl (C=O) groups is 1. The molecule has 1 N–H and O–H groups in total. The summed E-state index contributed by atoms with van der Waals surface area (Å²) in [6.07, 6.45) is 2.48. The molecule has 1 aromatic rings. The molecule has 0 unspecified atom stereocenters. The molecule has 13 heavy (non-hydrogen) atoms. The van der Waals surface area contributed by atoms with E-state index in [-0.39, 0.29) is 5.97 Å². The van der Waals surface area contributed by atoms with Gasteiger partial charge in [0.15, 0.2) is 0 Å². The van der Waals surface area contributed by atoms with Crippen molar-refractivity contribution in [2.45, 2.75) is 0 Å². The molecule has 0 radical (unpaired) electrons. The number of aliphatic hydroxyl groups is 1. The van der Waals surface area contributed by atoms with E-state index in [9.17, 15) is 4.79 Å². The smallest absolute Gasteiger partial charge is 0.337 e. The topological polar surface area (TPSA) is 46.5 Å². The van der Waals surface area contributed by atoms with Crippen LogP contribution in [0.4, 0.5) is 0 Å². The van der Waals surface area contributed by atoms with E-state index in [1.807, 2.05) is 0 Å². The van der Waals surface area contributed by atoms with Crippen molar-refractivity contribution >= 4 is 12.0 Å². The van der Waals surface area contributed by atoms with E-state index in [4.69, 9.17) is 5.11 Å². The van der Waals surface area contributed by atoms with Crippen LogP contribution in [0.1, 0.15) is 15.9 Å². The van der Waals surface area contributed by atoms with Gasteiger partial charge in [-0.2, -0.15) is 0 Å². The quantitative estimate of drug-likeness (QED) is 0.556. The highest BCUT2D eigenvalue weighted by atomic mass is 16.5. The number of esters is 1. The fourth-order valence-corrected chi connectivity index (χ4v) is 0.934. The number of ether oxygens (including phenoxy) is 1. The van der Waals surface area contributed by atoms with Gasteiger partial charge in [0.2, 0.25) is 0 Å². The minimum atomic E-state index is -0.362. The molecule has 3 nitrogen and oxygen atoms in total. The maximum absolute atomic E-state index is 11.0. The Morgan fingerprint density at radius 3 is 2.46 bits per heavy atom. The largest absolute Gasteiger partial charge is 0.516 e. The third-order valence-electron chi connectivity index (χ3n) is 1.60. The van der Waals surface area contributed by atoms with Gasteiger partial charge in [-0.25, -0.2) is 4.79 Å². The number of methoxy groups -OCH3 is 1. The number of hydrogen-bond donors (Lipinski definition) is 1. The SMILES string of the molecule is COC(=O)c1ccc(/C=C/O)cc1. The van der Waals surface area contributed by atoms with Gasteiger partial charge in [-0.05, 0) is 23.8 Å². The Morgan fingerprint density at radius 1 is 1.38 bits per heavy atom. The molecule has 0 amide bonds. The normalized spacial score (nSPS) is 10.2. The second-order valence-corrected chi connectivity index (χ2v) is 2.43. The lowest BCUT2D eigenvalue weighted by molar-refractivity contribution is 0.0601. The van der Waals surface area contributed by atoms with Crippen molar-refractivity contribution in [2.75, 3.05) is 7.11 Å². The van der Waals surface area contributed by atoms with Gasteiger partial charge in [-0.1, -0.05) is 12.1 Å².